The molecule has 0 aliphatic rings. The predicted octanol–water partition coefficient (Wildman–Crippen LogP) is 6.38. The maximum atomic E-state index is 12.9. The first-order valence-corrected chi connectivity index (χ1v) is 12.6. The van der Waals surface area contributed by atoms with E-state index in [1.165, 1.54) is 30.0 Å². The Labute approximate surface area is 195 Å². The number of unbranched alkanes of at least 4 members (excludes halogenated alkanes) is 2. The van der Waals surface area contributed by atoms with Crippen molar-refractivity contribution in [1.82, 2.24) is 5.32 Å². The maximum absolute atomic E-state index is 12.9. The van der Waals surface area contributed by atoms with Crippen molar-refractivity contribution in [1.29, 1.82) is 0 Å². The molecule has 0 saturated heterocycles. The molecule has 11 heteroatoms. The van der Waals surface area contributed by atoms with Gasteiger partial charge in [0, 0.05) is 16.0 Å². The van der Waals surface area contributed by atoms with Crippen molar-refractivity contribution in [3.63, 3.8) is 0 Å². The minimum Gasteiger partial charge on any atom is -0.405 e. The zero-order valence-electron chi connectivity index (χ0n) is 17.9. The van der Waals surface area contributed by atoms with Crippen molar-refractivity contribution in [2.75, 3.05) is 18.9 Å². The van der Waals surface area contributed by atoms with Crippen LogP contribution in [0.15, 0.2) is 47.4 Å². The summed E-state index contributed by atoms with van der Waals surface area (Å²) in [5, 5.41) is 3.05. The van der Waals surface area contributed by atoms with E-state index in [1.54, 1.807) is 24.3 Å². The Hall–Kier alpha value is -1.71. The lowest BCUT2D eigenvalue weighted by Crippen LogP contribution is -2.19. The summed E-state index contributed by atoms with van der Waals surface area (Å²) < 4.78 is 70.7. The third kappa shape index (κ3) is 12.4. The highest BCUT2D eigenvalue weighted by Gasteiger charge is 2.32. The number of ether oxygens (including phenoxy) is 1. The normalized spacial score (nSPS) is 12.1. The first-order chi connectivity index (χ1) is 15.7. The van der Waals surface area contributed by atoms with Gasteiger partial charge in [-0.05, 0) is 73.4 Å². The summed E-state index contributed by atoms with van der Waals surface area (Å²) in [6.45, 7) is 0.918. The zero-order valence-corrected chi connectivity index (χ0v) is 19.7. The highest BCUT2D eigenvalue weighted by atomic mass is 32.2. The van der Waals surface area contributed by atoms with Crippen molar-refractivity contribution in [2.24, 2.45) is 0 Å². The lowest BCUT2D eigenvalue weighted by Gasteiger charge is -2.15. The van der Waals surface area contributed by atoms with Crippen molar-refractivity contribution in [3.05, 3.63) is 59.4 Å². The first kappa shape index (κ1) is 27.5. The molecule has 5 nitrogen and oxygen atoms in total. The molecule has 1 atom stereocenters. The highest BCUT2D eigenvalue weighted by Crippen LogP contribution is 2.35. The minimum absolute atomic E-state index is 0.112. The molecule has 182 valence electrons. The molecule has 0 amide bonds. The molecule has 0 bridgehead atoms. The summed E-state index contributed by atoms with van der Waals surface area (Å²) >= 11 is 1.32. The molecule has 0 heterocycles. The molecule has 0 aliphatic heterocycles. The van der Waals surface area contributed by atoms with Gasteiger partial charge in [-0.2, -0.15) is 0 Å². The quantitative estimate of drug-likeness (QED) is 0.126. The van der Waals surface area contributed by atoms with Crippen LogP contribution >= 0.6 is 20.0 Å². The molecular formula is C22H27F4NO4PS+. The Kier molecular flexibility index (Phi) is 12.1. The molecule has 0 saturated carbocycles. The fourth-order valence-electron chi connectivity index (χ4n) is 3.00. The van der Waals surface area contributed by atoms with Crippen LogP contribution in [0.25, 0.3) is 0 Å². The number of nitrogens with one attached hydrogen (secondary N) is 1. The molecule has 0 aromatic heterocycles. The van der Waals surface area contributed by atoms with E-state index in [9.17, 15) is 22.1 Å². The van der Waals surface area contributed by atoms with E-state index in [0.29, 0.717) is 35.7 Å². The number of hydrogen-bond acceptors (Lipinski definition) is 5. The molecule has 2 N–H and O–H groups in total. The van der Waals surface area contributed by atoms with Crippen molar-refractivity contribution in [2.45, 2.75) is 49.9 Å². The second kappa shape index (κ2) is 14.5. The molecule has 1 unspecified atom stereocenters. The molecule has 33 heavy (non-hydrogen) atoms. The average molecular weight is 508 g/mol. The largest absolute Gasteiger partial charge is 0.694 e. The lowest BCUT2D eigenvalue weighted by molar-refractivity contribution is -0.275. The number of halogens is 4. The number of benzene rings is 2. The van der Waals surface area contributed by atoms with Crippen LogP contribution in [-0.2, 0) is 22.1 Å². The third-order valence-corrected chi connectivity index (χ3v) is 6.09. The summed E-state index contributed by atoms with van der Waals surface area (Å²) in [6.07, 6.45) is -0.794. The Morgan fingerprint density at radius 3 is 2.42 bits per heavy atom. The Morgan fingerprint density at radius 2 is 1.73 bits per heavy atom. The van der Waals surface area contributed by atoms with Crippen LogP contribution in [0.1, 0.15) is 36.8 Å². The summed E-state index contributed by atoms with van der Waals surface area (Å²) in [5.41, 5.74) is 1.69. The van der Waals surface area contributed by atoms with Gasteiger partial charge in [0.1, 0.15) is 18.2 Å². The smallest absolute Gasteiger partial charge is 0.405 e. The number of alkyl halides is 3. The van der Waals surface area contributed by atoms with Crippen LogP contribution in [0.5, 0.6) is 5.75 Å². The number of hydrogen-bond donors (Lipinski definition) is 2. The first-order valence-electron chi connectivity index (χ1n) is 10.5. The maximum Gasteiger partial charge on any atom is 0.694 e. The van der Waals surface area contributed by atoms with E-state index in [-0.39, 0.29) is 18.2 Å². The molecular weight excluding hydrogens is 481 g/mol. The average Bonchev–Trinajstić information content (AvgIpc) is 2.74. The fraction of sp³-hybridized carbons (Fsp3) is 0.455. The summed E-state index contributed by atoms with van der Waals surface area (Å²) in [4.78, 5) is 8.97. The van der Waals surface area contributed by atoms with E-state index in [1.807, 2.05) is 0 Å². The third-order valence-electron chi connectivity index (χ3n) is 4.54. The number of rotatable bonds is 15. The molecule has 0 radical (unpaired) electrons. The zero-order chi connectivity index (χ0) is 24.1. The van der Waals surface area contributed by atoms with Gasteiger partial charge < -0.3 is 10.1 Å². The summed E-state index contributed by atoms with van der Waals surface area (Å²) in [7, 11) is -2.62. The Morgan fingerprint density at radius 1 is 1.00 bits per heavy atom. The van der Waals surface area contributed by atoms with Crippen LogP contribution in [0.4, 0.5) is 17.6 Å². The van der Waals surface area contributed by atoms with Gasteiger partial charge in [0.25, 0.3) is 0 Å². The fourth-order valence-corrected chi connectivity index (χ4v) is 4.26. The van der Waals surface area contributed by atoms with Crippen molar-refractivity contribution in [3.8, 4) is 5.75 Å². The number of thioether (sulfide) groups is 1. The van der Waals surface area contributed by atoms with E-state index >= 15 is 0 Å². The molecule has 2 rings (SSSR count). The number of aryl methyl sites for hydroxylation is 1. The second-order valence-corrected chi connectivity index (χ2v) is 9.09. The summed E-state index contributed by atoms with van der Waals surface area (Å²) in [6, 6.07) is 11.1. The molecule has 0 fully saturated rings. The molecule has 2 aromatic carbocycles. The van der Waals surface area contributed by atoms with E-state index in [2.05, 4.69) is 14.6 Å². The molecule has 0 spiro atoms. The van der Waals surface area contributed by atoms with Gasteiger partial charge in [0.05, 0.1) is 0 Å². The Bertz CT molecular complexity index is 868. The van der Waals surface area contributed by atoms with Crippen LogP contribution < -0.4 is 10.1 Å². The monoisotopic (exact) mass is 508 g/mol. The van der Waals surface area contributed by atoms with Gasteiger partial charge in [-0.3, -0.25) is 0 Å². The van der Waals surface area contributed by atoms with Crippen LogP contribution in [-0.4, -0.2) is 30.2 Å². The standard InChI is InChI=1S/C22H26F4NO4PS/c23-19-9-6-17(7-10-19)5-2-1-3-14-33-21-11-8-18(15-20(21)31-22(24,25)26)16-27-12-4-13-30-32(28)29/h6-11,15,27H,1-5,12-14,16H2/p+1. The van der Waals surface area contributed by atoms with Gasteiger partial charge in [0.2, 0.25) is 0 Å². The highest BCUT2D eigenvalue weighted by molar-refractivity contribution is 7.99. The SMILES string of the molecule is O=[P+](O)OCCCNCc1ccc(SCCCCCc2ccc(F)cc2)c(OC(F)(F)F)c1. The van der Waals surface area contributed by atoms with E-state index in [0.717, 1.165) is 31.2 Å². The van der Waals surface area contributed by atoms with Crippen molar-refractivity contribution >= 4 is 20.0 Å². The van der Waals surface area contributed by atoms with Gasteiger partial charge in [0.15, 0.2) is 0 Å². The minimum atomic E-state index is -4.78. The van der Waals surface area contributed by atoms with Crippen molar-refractivity contribution < 1.29 is 36.3 Å². The van der Waals surface area contributed by atoms with Gasteiger partial charge in [-0.15, -0.1) is 34.4 Å². The van der Waals surface area contributed by atoms with E-state index in [4.69, 9.17) is 4.89 Å². The topological polar surface area (TPSA) is 67.8 Å². The van der Waals surface area contributed by atoms with Gasteiger partial charge in [-0.25, -0.2) is 4.39 Å². The molecule has 2 aromatic rings. The van der Waals surface area contributed by atoms with Gasteiger partial charge in [-0.1, -0.05) is 24.6 Å². The molecule has 0 aliphatic carbocycles. The lowest BCUT2D eigenvalue weighted by atomic mass is 10.1. The second-order valence-electron chi connectivity index (χ2n) is 7.22. The summed E-state index contributed by atoms with van der Waals surface area (Å²) in [5.74, 6) is 0.168. The Balaban J connectivity index is 1.78. The predicted molar refractivity (Wildman–Crippen MR) is 120 cm³/mol. The van der Waals surface area contributed by atoms with Crippen LogP contribution in [0.2, 0.25) is 0 Å². The van der Waals surface area contributed by atoms with E-state index < -0.39 is 14.6 Å². The van der Waals surface area contributed by atoms with Gasteiger partial charge >= 0.3 is 14.6 Å². The van der Waals surface area contributed by atoms with Crippen LogP contribution in [0.3, 0.4) is 0 Å². The van der Waals surface area contributed by atoms with Crippen LogP contribution in [0, 0.1) is 5.82 Å².